The lowest BCUT2D eigenvalue weighted by molar-refractivity contribution is -0.144. The van der Waals surface area contributed by atoms with Gasteiger partial charge in [-0.05, 0) is 24.3 Å². The predicted octanol–water partition coefficient (Wildman–Crippen LogP) is 0.521. The van der Waals surface area contributed by atoms with Gasteiger partial charge in [0.25, 0.3) is 5.91 Å². The molecule has 1 saturated heterocycles. The highest BCUT2D eigenvalue weighted by Crippen LogP contribution is 2.16. The van der Waals surface area contributed by atoms with Crippen LogP contribution in [0.1, 0.15) is 0 Å². The summed E-state index contributed by atoms with van der Waals surface area (Å²) >= 11 is 0. The summed E-state index contributed by atoms with van der Waals surface area (Å²) in [6.07, 6.45) is -0.385. The Morgan fingerprint density at radius 2 is 2.10 bits per heavy atom. The first-order chi connectivity index (χ1) is 10.2. The predicted molar refractivity (Wildman–Crippen MR) is 78.7 cm³/mol. The number of likely N-dealkylation sites (N-methyl/N-ethyl adjacent to an activating group) is 1. The standard InChI is InChI=1S/C15H22N2O4/c1-17(15(18)14-11-16-7-9-21-14)8-10-20-13-5-3-12(19-2)4-6-13/h3-6,14,16H,7-11H2,1-2H3. The van der Waals surface area contributed by atoms with Crippen molar-refractivity contribution in [1.29, 1.82) is 0 Å². The average Bonchev–Trinajstić information content (AvgIpc) is 2.55. The third-order valence-electron chi connectivity index (χ3n) is 3.33. The van der Waals surface area contributed by atoms with Gasteiger partial charge in [0, 0.05) is 20.1 Å². The Morgan fingerprint density at radius 1 is 1.38 bits per heavy atom. The Hall–Kier alpha value is -1.79. The first-order valence-electron chi connectivity index (χ1n) is 7.05. The highest BCUT2D eigenvalue weighted by Gasteiger charge is 2.24. The average molecular weight is 294 g/mol. The summed E-state index contributed by atoms with van der Waals surface area (Å²) in [7, 11) is 3.39. The van der Waals surface area contributed by atoms with E-state index in [9.17, 15) is 4.79 Å². The van der Waals surface area contributed by atoms with E-state index >= 15 is 0 Å². The van der Waals surface area contributed by atoms with Gasteiger partial charge in [-0.15, -0.1) is 0 Å². The van der Waals surface area contributed by atoms with Crippen LogP contribution >= 0.6 is 0 Å². The number of benzene rings is 1. The third-order valence-corrected chi connectivity index (χ3v) is 3.33. The number of nitrogens with zero attached hydrogens (tertiary/aromatic N) is 1. The smallest absolute Gasteiger partial charge is 0.252 e. The number of carbonyl (C=O) groups excluding carboxylic acids is 1. The van der Waals surface area contributed by atoms with Crippen LogP contribution in [0.5, 0.6) is 11.5 Å². The summed E-state index contributed by atoms with van der Waals surface area (Å²) in [5.74, 6) is 1.53. The molecule has 1 heterocycles. The molecule has 21 heavy (non-hydrogen) atoms. The second-order valence-corrected chi connectivity index (χ2v) is 4.85. The Labute approximate surface area is 125 Å². The normalized spacial score (nSPS) is 18.1. The lowest BCUT2D eigenvalue weighted by Gasteiger charge is -2.27. The zero-order valence-corrected chi connectivity index (χ0v) is 12.5. The first-order valence-corrected chi connectivity index (χ1v) is 7.05. The van der Waals surface area contributed by atoms with E-state index in [0.717, 1.165) is 18.0 Å². The highest BCUT2D eigenvalue weighted by atomic mass is 16.5. The van der Waals surface area contributed by atoms with Gasteiger partial charge in [-0.1, -0.05) is 0 Å². The van der Waals surface area contributed by atoms with Crippen LogP contribution in [-0.4, -0.2) is 63.9 Å². The van der Waals surface area contributed by atoms with Gasteiger partial charge in [-0.25, -0.2) is 0 Å². The van der Waals surface area contributed by atoms with Crippen LogP contribution < -0.4 is 14.8 Å². The summed E-state index contributed by atoms with van der Waals surface area (Å²) in [5.41, 5.74) is 0. The minimum atomic E-state index is -0.385. The van der Waals surface area contributed by atoms with Gasteiger partial charge in [0.15, 0.2) is 0 Å². The molecule has 1 aliphatic heterocycles. The molecule has 1 aliphatic rings. The maximum Gasteiger partial charge on any atom is 0.252 e. The van der Waals surface area contributed by atoms with Crippen LogP contribution in [0.3, 0.4) is 0 Å². The topological polar surface area (TPSA) is 60.0 Å². The van der Waals surface area contributed by atoms with Crippen LogP contribution in [0.4, 0.5) is 0 Å². The summed E-state index contributed by atoms with van der Waals surface area (Å²) in [6, 6.07) is 7.36. The van der Waals surface area contributed by atoms with Gasteiger partial charge in [-0.2, -0.15) is 0 Å². The van der Waals surface area contributed by atoms with Gasteiger partial charge in [-0.3, -0.25) is 4.79 Å². The van der Waals surface area contributed by atoms with Crippen molar-refractivity contribution < 1.29 is 19.0 Å². The van der Waals surface area contributed by atoms with Gasteiger partial charge in [0.1, 0.15) is 24.2 Å². The molecular formula is C15H22N2O4. The van der Waals surface area contributed by atoms with E-state index in [1.54, 1.807) is 19.1 Å². The van der Waals surface area contributed by atoms with Gasteiger partial charge in [0.2, 0.25) is 0 Å². The second kappa shape index (κ2) is 7.85. The number of methoxy groups -OCH3 is 1. The molecule has 0 saturated carbocycles. The minimum absolute atomic E-state index is 0.0134. The zero-order chi connectivity index (χ0) is 15.1. The Bertz CT molecular complexity index is 443. The molecule has 0 spiro atoms. The molecule has 0 aromatic heterocycles. The number of morpholine rings is 1. The lowest BCUT2D eigenvalue weighted by atomic mass is 10.2. The van der Waals surface area contributed by atoms with Gasteiger partial charge < -0.3 is 24.4 Å². The van der Waals surface area contributed by atoms with Gasteiger partial charge in [0.05, 0.1) is 20.3 Å². The quantitative estimate of drug-likeness (QED) is 0.829. The molecule has 1 atom stereocenters. The fourth-order valence-electron chi connectivity index (χ4n) is 2.05. The Morgan fingerprint density at radius 3 is 2.71 bits per heavy atom. The monoisotopic (exact) mass is 294 g/mol. The van der Waals surface area contributed by atoms with Crippen LogP contribution in [0, 0.1) is 0 Å². The van der Waals surface area contributed by atoms with Crippen molar-refractivity contribution in [1.82, 2.24) is 10.2 Å². The number of hydrogen-bond donors (Lipinski definition) is 1. The van der Waals surface area contributed by atoms with Crippen molar-refractivity contribution in [2.24, 2.45) is 0 Å². The van der Waals surface area contributed by atoms with E-state index < -0.39 is 0 Å². The third kappa shape index (κ3) is 4.61. The van der Waals surface area contributed by atoms with Crippen molar-refractivity contribution in [3.05, 3.63) is 24.3 Å². The van der Waals surface area contributed by atoms with Crippen LogP contribution in [0.2, 0.25) is 0 Å². The SMILES string of the molecule is COc1ccc(OCCN(C)C(=O)C2CNCCO2)cc1. The summed E-state index contributed by atoms with van der Waals surface area (Å²) < 4.78 is 16.1. The molecule has 1 aromatic carbocycles. The molecule has 0 bridgehead atoms. The number of rotatable bonds is 6. The fraction of sp³-hybridized carbons (Fsp3) is 0.533. The van der Waals surface area contributed by atoms with E-state index in [0.29, 0.717) is 26.3 Å². The highest BCUT2D eigenvalue weighted by molar-refractivity contribution is 5.81. The minimum Gasteiger partial charge on any atom is -0.497 e. The number of ether oxygens (including phenoxy) is 3. The van der Waals surface area contributed by atoms with Crippen molar-refractivity contribution in [3.8, 4) is 11.5 Å². The van der Waals surface area contributed by atoms with E-state index in [4.69, 9.17) is 14.2 Å². The van der Waals surface area contributed by atoms with Gasteiger partial charge >= 0.3 is 0 Å². The second-order valence-electron chi connectivity index (χ2n) is 4.85. The molecule has 6 nitrogen and oxygen atoms in total. The zero-order valence-electron chi connectivity index (χ0n) is 12.5. The fourth-order valence-corrected chi connectivity index (χ4v) is 2.05. The molecule has 6 heteroatoms. The van der Waals surface area contributed by atoms with Crippen molar-refractivity contribution >= 4 is 5.91 Å². The molecule has 1 fully saturated rings. The van der Waals surface area contributed by atoms with Crippen molar-refractivity contribution in [3.63, 3.8) is 0 Å². The van der Waals surface area contributed by atoms with Crippen molar-refractivity contribution in [2.75, 3.05) is 47.0 Å². The Kier molecular flexibility index (Phi) is 5.83. The molecule has 1 aromatic rings. The van der Waals surface area contributed by atoms with E-state index in [2.05, 4.69) is 5.32 Å². The number of amides is 1. The van der Waals surface area contributed by atoms with Crippen molar-refractivity contribution in [2.45, 2.75) is 6.10 Å². The molecular weight excluding hydrogens is 272 g/mol. The molecule has 0 aliphatic carbocycles. The van der Waals surface area contributed by atoms with E-state index in [-0.39, 0.29) is 12.0 Å². The summed E-state index contributed by atoms with van der Waals surface area (Å²) in [6.45, 7) is 2.91. The number of nitrogens with one attached hydrogen (secondary N) is 1. The number of hydrogen-bond acceptors (Lipinski definition) is 5. The molecule has 1 unspecified atom stereocenters. The molecule has 1 N–H and O–H groups in total. The van der Waals surface area contributed by atoms with Crippen LogP contribution in [0.15, 0.2) is 24.3 Å². The van der Waals surface area contributed by atoms with Crippen LogP contribution in [-0.2, 0) is 9.53 Å². The maximum atomic E-state index is 12.1. The maximum absolute atomic E-state index is 12.1. The van der Waals surface area contributed by atoms with E-state index in [1.165, 1.54) is 0 Å². The van der Waals surface area contributed by atoms with E-state index in [1.807, 2.05) is 24.3 Å². The Balaban J connectivity index is 1.72. The lowest BCUT2D eigenvalue weighted by Crippen LogP contribution is -2.49. The molecule has 2 rings (SSSR count). The first kappa shape index (κ1) is 15.6. The largest absolute Gasteiger partial charge is 0.497 e. The summed E-state index contributed by atoms with van der Waals surface area (Å²) in [4.78, 5) is 13.8. The molecule has 1 amide bonds. The van der Waals surface area contributed by atoms with Crippen LogP contribution in [0.25, 0.3) is 0 Å². The molecule has 0 radical (unpaired) electrons. The summed E-state index contributed by atoms with van der Waals surface area (Å²) in [5, 5.41) is 3.15. The number of carbonyl (C=O) groups is 1. The molecule has 116 valence electrons.